The van der Waals surface area contributed by atoms with Crippen LogP contribution in [0.3, 0.4) is 0 Å². The van der Waals surface area contributed by atoms with Gasteiger partial charge in [0.25, 0.3) is 5.56 Å². The van der Waals surface area contributed by atoms with Gasteiger partial charge in [0.2, 0.25) is 0 Å². The fourth-order valence-electron chi connectivity index (χ4n) is 2.15. The summed E-state index contributed by atoms with van der Waals surface area (Å²) >= 11 is 3.34. The maximum absolute atomic E-state index is 12.1. The summed E-state index contributed by atoms with van der Waals surface area (Å²) in [5.41, 5.74) is 1.36. The van der Waals surface area contributed by atoms with Crippen molar-refractivity contribution in [3.05, 3.63) is 38.7 Å². The Kier molecular flexibility index (Phi) is 4.79. The lowest BCUT2D eigenvalue weighted by Gasteiger charge is -2.25. The highest BCUT2D eigenvalue weighted by Gasteiger charge is 2.21. The van der Waals surface area contributed by atoms with E-state index in [1.807, 2.05) is 26.8 Å². The second kappa shape index (κ2) is 6.31. The highest BCUT2D eigenvalue weighted by molar-refractivity contribution is 9.10. The zero-order chi connectivity index (χ0) is 17.4. The van der Waals surface area contributed by atoms with E-state index in [9.17, 15) is 9.59 Å². The zero-order valence-corrected chi connectivity index (χ0v) is 15.5. The number of rotatable bonds is 2. The third-order valence-corrected chi connectivity index (χ3v) is 3.69. The minimum Gasteiger partial charge on any atom is -0.444 e. The average Bonchev–Trinajstić information content (AvgIpc) is 2.42. The Morgan fingerprint density at radius 1 is 1.39 bits per heavy atom. The fourth-order valence-corrected chi connectivity index (χ4v) is 2.46. The first-order valence-electron chi connectivity index (χ1n) is 7.18. The first-order chi connectivity index (χ1) is 10.6. The topological polar surface area (TPSA) is 64.4 Å². The van der Waals surface area contributed by atoms with Crippen molar-refractivity contribution >= 4 is 33.1 Å². The number of aryl methyl sites for hydroxylation is 1. The van der Waals surface area contributed by atoms with Crippen LogP contribution in [0.15, 0.2) is 27.6 Å². The molecule has 0 aliphatic rings. The van der Waals surface area contributed by atoms with E-state index in [1.54, 1.807) is 20.2 Å². The molecule has 0 spiro atoms. The molecule has 0 saturated heterocycles. The molecule has 0 atom stereocenters. The summed E-state index contributed by atoms with van der Waals surface area (Å²) in [7, 11) is 3.33. The Labute approximate surface area is 143 Å². The number of hydrogen-bond acceptors (Lipinski definition) is 4. The highest BCUT2D eigenvalue weighted by Crippen LogP contribution is 2.19. The molecule has 124 valence electrons. The quantitative estimate of drug-likeness (QED) is 0.749. The lowest BCUT2D eigenvalue weighted by Crippen LogP contribution is -2.34. The smallest absolute Gasteiger partial charge is 0.410 e. The van der Waals surface area contributed by atoms with Gasteiger partial charge in [-0.15, -0.1) is 0 Å². The minimum atomic E-state index is -0.568. The number of fused-ring (bicyclic) bond motifs is 1. The molecule has 0 fully saturated rings. The fraction of sp³-hybridized carbons (Fsp3) is 0.438. The Bertz CT molecular complexity index is 809. The van der Waals surface area contributed by atoms with Crippen LogP contribution < -0.4 is 5.56 Å². The molecule has 0 aliphatic carbocycles. The van der Waals surface area contributed by atoms with Gasteiger partial charge in [0, 0.05) is 25.7 Å². The van der Waals surface area contributed by atoms with Crippen molar-refractivity contribution in [2.75, 3.05) is 7.05 Å². The molecule has 0 radical (unpaired) electrons. The molecule has 23 heavy (non-hydrogen) atoms. The summed E-state index contributed by atoms with van der Waals surface area (Å²) in [6.07, 6.45) is -0.443. The van der Waals surface area contributed by atoms with Crippen LogP contribution in [0.2, 0.25) is 0 Å². The molecule has 0 aromatic carbocycles. The number of halogens is 1. The lowest BCUT2D eigenvalue weighted by molar-refractivity contribution is 0.0285. The van der Waals surface area contributed by atoms with E-state index in [2.05, 4.69) is 20.9 Å². The van der Waals surface area contributed by atoms with Crippen LogP contribution in [-0.2, 0) is 18.3 Å². The van der Waals surface area contributed by atoms with Crippen molar-refractivity contribution in [2.24, 2.45) is 7.05 Å². The first kappa shape index (κ1) is 17.5. The molecule has 6 nitrogen and oxygen atoms in total. The molecule has 7 heteroatoms. The largest absolute Gasteiger partial charge is 0.444 e. The maximum Gasteiger partial charge on any atom is 0.410 e. The van der Waals surface area contributed by atoms with Gasteiger partial charge in [-0.3, -0.25) is 4.79 Å². The predicted octanol–water partition coefficient (Wildman–Crippen LogP) is 3.06. The van der Waals surface area contributed by atoms with Gasteiger partial charge >= 0.3 is 6.09 Å². The summed E-state index contributed by atoms with van der Waals surface area (Å²) in [6, 6.07) is 5.11. The standard InChI is InChI=1S/C16H20BrN3O3/c1-16(2,3)23-15(22)19(4)9-10-8-13(21)20(5)11-6-7-12(17)18-14(10)11/h6-8H,9H2,1-5H3. The van der Waals surface area contributed by atoms with Gasteiger partial charge < -0.3 is 14.2 Å². The number of ether oxygens (including phenoxy) is 1. The summed E-state index contributed by atoms with van der Waals surface area (Å²) in [5.74, 6) is 0. The van der Waals surface area contributed by atoms with Gasteiger partial charge in [0.15, 0.2) is 0 Å². The number of carbonyl (C=O) groups is 1. The lowest BCUT2D eigenvalue weighted by atomic mass is 10.2. The van der Waals surface area contributed by atoms with E-state index < -0.39 is 11.7 Å². The molecule has 0 saturated carbocycles. The van der Waals surface area contributed by atoms with Crippen molar-refractivity contribution < 1.29 is 9.53 Å². The monoisotopic (exact) mass is 381 g/mol. The maximum atomic E-state index is 12.1. The summed E-state index contributed by atoms with van der Waals surface area (Å²) < 4.78 is 7.54. The normalized spacial score (nSPS) is 11.6. The van der Waals surface area contributed by atoms with Crippen molar-refractivity contribution in [1.29, 1.82) is 0 Å². The van der Waals surface area contributed by atoms with Gasteiger partial charge in [-0.05, 0) is 48.8 Å². The van der Waals surface area contributed by atoms with Crippen LogP contribution in [0.4, 0.5) is 4.79 Å². The molecular weight excluding hydrogens is 362 g/mol. The van der Waals surface area contributed by atoms with Gasteiger partial charge in [0.1, 0.15) is 10.2 Å². The van der Waals surface area contributed by atoms with Gasteiger partial charge in [-0.1, -0.05) is 0 Å². The molecule has 2 rings (SSSR count). The van der Waals surface area contributed by atoms with Crippen molar-refractivity contribution in [2.45, 2.75) is 32.9 Å². The van der Waals surface area contributed by atoms with E-state index in [0.717, 1.165) is 0 Å². The Balaban J connectivity index is 2.40. The van der Waals surface area contributed by atoms with E-state index in [0.29, 0.717) is 21.2 Å². The summed E-state index contributed by atoms with van der Waals surface area (Å²) in [6.45, 7) is 5.67. The third-order valence-electron chi connectivity index (χ3n) is 3.25. The predicted molar refractivity (Wildman–Crippen MR) is 92.4 cm³/mol. The van der Waals surface area contributed by atoms with Gasteiger partial charge in [-0.2, -0.15) is 0 Å². The average molecular weight is 382 g/mol. The Hall–Kier alpha value is -1.89. The first-order valence-corrected chi connectivity index (χ1v) is 7.97. The van der Waals surface area contributed by atoms with Crippen molar-refractivity contribution in [3.8, 4) is 0 Å². The number of aromatic nitrogens is 2. The van der Waals surface area contributed by atoms with Crippen LogP contribution in [0.5, 0.6) is 0 Å². The van der Waals surface area contributed by atoms with Gasteiger partial charge in [-0.25, -0.2) is 9.78 Å². The number of pyridine rings is 2. The van der Waals surface area contributed by atoms with Crippen LogP contribution in [0.25, 0.3) is 11.0 Å². The molecule has 0 unspecified atom stereocenters. The zero-order valence-electron chi connectivity index (χ0n) is 13.9. The van der Waals surface area contributed by atoms with E-state index >= 15 is 0 Å². The SMILES string of the molecule is CN(Cc1cc(=O)n(C)c2ccc(Br)nc12)C(=O)OC(C)(C)C. The van der Waals surface area contributed by atoms with Crippen LogP contribution in [0.1, 0.15) is 26.3 Å². The van der Waals surface area contributed by atoms with E-state index in [4.69, 9.17) is 4.74 Å². The summed E-state index contributed by atoms with van der Waals surface area (Å²) in [4.78, 5) is 30.1. The second-order valence-electron chi connectivity index (χ2n) is 6.40. The number of carbonyl (C=O) groups excluding carboxylic acids is 1. The Morgan fingerprint density at radius 3 is 2.65 bits per heavy atom. The molecule has 0 aliphatic heterocycles. The van der Waals surface area contributed by atoms with Crippen LogP contribution in [0, 0.1) is 0 Å². The summed E-state index contributed by atoms with van der Waals surface area (Å²) in [5, 5.41) is 0. The number of hydrogen-bond donors (Lipinski definition) is 0. The highest BCUT2D eigenvalue weighted by atomic mass is 79.9. The molecule has 2 aromatic rings. The molecule has 2 aromatic heterocycles. The van der Waals surface area contributed by atoms with Crippen LogP contribution in [-0.4, -0.2) is 33.2 Å². The number of amides is 1. The second-order valence-corrected chi connectivity index (χ2v) is 7.22. The molecular formula is C16H20BrN3O3. The van der Waals surface area contributed by atoms with Gasteiger partial charge in [0.05, 0.1) is 17.6 Å². The minimum absolute atomic E-state index is 0.144. The third kappa shape index (κ3) is 4.10. The number of nitrogens with zero attached hydrogens (tertiary/aromatic N) is 3. The van der Waals surface area contributed by atoms with Crippen LogP contribution >= 0.6 is 15.9 Å². The molecule has 1 amide bonds. The molecule has 0 N–H and O–H groups in total. The van der Waals surface area contributed by atoms with Crippen molar-refractivity contribution in [1.82, 2.24) is 14.5 Å². The van der Waals surface area contributed by atoms with E-state index in [-0.39, 0.29) is 12.1 Å². The molecule has 2 heterocycles. The Morgan fingerprint density at radius 2 is 2.04 bits per heavy atom. The molecule has 0 bridgehead atoms. The van der Waals surface area contributed by atoms with Crippen molar-refractivity contribution in [3.63, 3.8) is 0 Å². The van der Waals surface area contributed by atoms with E-state index in [1.165, 1.54) is 15.5 Å².